The normalized spacial score (nSPS) is 11.8. The molecule has 0 aliphatic carbocycles. The van der Waals surface area contributed by atoms with Crippen LogP contribution in [0.4, 0.5) is 24.7 Å². The van der Waals surface area contributed by atoms with E-state index < -0.39 is 6.36 Å². The Morgan fingerprint density at radius 1 is 1.06 bits per heavy atom. The molecular formula is C24H27ClF3N3O2. The Hall–Kier alpha value is -2.71. The van der Waals surface area contributed by atoms with Crippen molar-refractivity contribution in [2.75, 3.05) is 31.6 Å². The molecule has 0 aliphatic heterocycles. The summed E-state index contributed by atoms with van der Waals surface area (Å²) in [4.78, 5) is 6.98. The molecule has 9 heteroatoms. The standard InChI is InChI=1S/C24H27ClF3N3O2/c1-4-12-31(5-2)13-14-32-21-11-10-20(25)22-19(21)15-16(3)23(30-22)29-17-6-8-18(9-7-17)33-24(26,27)28/h6-11,15H,4-5,12-14H2,1-3H3,(H,29,30). The van der Waals surface area contributed by atoms with Crippen LogP contribution in [0.15, 0.2) is 42.5 Å². The fourth-order valence-electron chi connectivity index (χ4n) is 3.46. The van der Waals surface area contributed by atoms with Crippen LogP contribution in [0.5, 0.6) is 11.5 Å². The lowest BCUT2D eigenvalue weighted by Crippen LogP contribution is -2.29. The second-order valence-corrected chi connectivity index (χ2v) is 7.98. The van der Waals surface area contributed by atoms with E-state index in [2.05, 4.69) is 33.8 Å². The van der Waals surface area contributed by atoms with Crippen molar-refractivity contribution in [3.8, 4) is 11.5 Å². The quantitative estimate of drug-likeness (QED) is 0.339. The van der Waals surface area contributed by atoms with Crippen LogP contribution in [0.1, 0.15) is 25.8 Å². The predicted molar refractivity (Wildman–Crippen MR) is 126 cm³/mol. The molecule has 2 aromatic carbocycles. The van der Waals surface area contributed by atoms with Crippen LogP contribution < -0.4 is 14.8 Å². The number of aryl methyl sites for hydroxylation is 1. The van der Waals surface area contributed by atoms with E-state index in [1.165, 1.54) is 24.3 Å². The Morgan fingerprint density at radius 3 is 2.42 bits per heavy atom. The number of ether oxygens (including phenoxy) is 2. The van der Waals surface area contributed by atoms with Crippen LogP contribution in [0.25, 0.3) is 10.9 Å². The molecule has 0 saturated heterocycles. The molecule has 1 aromatic heterocycles. The van der Waals surface area contributed by atoms with Gasteiger partial charge >= 0.3 is 6.36 Å². The number of hydrogen-bond donors (Lipinski definition) is 1. The molecule has 33 heavy (non-hydrogen) atoms. The van der Waals surface area contributed by atoms with Crippen LogP contribution in [0.2, 0.25) is 5.02 Å². The van der Waals surface area contributed by atoms with Crippen LogP contribution in [0.3, 0.4) is 0 Å². The highest BCUT2D eigenvalue weighted by Crippen LogP contribution is 2.34. The van der Waals surface area contributed by atoms with Crippen molar-refractivity contribution in [1.82, 2.24) is 9.88 Å². The van der Waals surface area contributed by atoms with Gasteiger partial charge in [0.15, 0.2) is 0 Å². The zero-order valence-corrected chi connectivity index (χ0v) is 19.6. The van der Waals surface area contributed by atoms with Crippen molar-refractivity contribution in [1.29, 1.82) is 0 Å². The summed E-state index contributed by atoms with van der Waals surface area (Å²) >= 11 is 6.41. The van der Waals surface area contributed by atoms with Gasteiger partial charge in [-0.1, -0.05) is 25.4 Å². The van der Waals surface area contributed by atoms with Crippen molar-refractivity contribution < 1.29 is 22.6 Å². The predicted octanol–water partition coefficient (Wildman–Crippen LogP) is 6.95. The highest BCUT2D eigenvalue weighted by atomic mass is 35.5. The van der Waals surface area contributed by atoms with Crippen LogP contribution >= 0.6 is 11.6 Å². The van der Waals surface area contributed by atoms with E-state index in [1.807, 2.05) is 19.1 Å². The molecule has 0 atom stereocenters. The minimum atomic E-state index is -4.73. The zero-order valence-electron chi connectivity index (χ0n) is 18.8. The third-order valence-electron chi connectivity index (χ3n) is 5.09. The molecule has 178 valence electrons. The molecule has 0 aliphatic rings. The molecule has 5 nitrogen and oxygen atoms in total. The van der Waals surface area contributed by atoms with Gasteiger partial charge in [0, 0.05) is 17.6 Å². The summed E-state index contributed by atoms with van der Waals surface area (Å²) in [5.41, 5.74) is 1.99. The first kappa shape index (κ1) is 24.9. The Labute approximate surface area is 196 Å². The molecule has 0 unspecified atom stereocenters. The molecule has 0 radical (unpaired) electrons. The Bertz CT molecular complexity index is 1080. The maximum Gasteiger partial charge on any atom is 0.573 e. The molecule has 0 fully saturated rings. The number of likely N-dealkylation sites (N-methyl/N-ethyl adjacent to an activating group) is 1. The summed E-state index contributed by atoms with van der Waals surface area (Å²) in [6.07, 6.45) is -3.64. The summed E-state index contributed by atoms with van der Waals surface area (Å²) < 4.78 is 47.0. The number of hydrogen-bond acceptors (Lipinski definition) is 5. The summed E-state index contributed by atoms with van der Waals surface area (Å²) in [6, 6.07) is 11.0. The van der Waals surface area contributed by atoms with Crippen molar-refractivity contribution in [3.05, 3.63) is 53.1 Å². The highest BCUT2D eigenvalue weighted by molar-refractivity contribution is 6.35. The summed E-state index contributed by atoms with van der Waals surface area (Å²) in [5, 5.41) is 4.41. The van der Waals surface area contributed by atoms with Gasteiger partial charge in [0.1, 0.15) is 23.9 Å². The topological polar surface area (TPSA) is 46.6 Å². The SMILES string of the molecule is CCCN(CC)CCOc1ccc(Cl)c2nc(Nc3ccc(OC(F)(F)F)cc3)c(C)cc12. The molecule has 1 heterocycles. The van der Waals surface area contributed by atoms with E-state index in [0.717, 1.165) is 37.0 Å². The second kappa shape index (κ2) is 10.9. The molecule has 0 bridgehead atoms. The largest absolute Gasteiger partial charge is 0.573 e. The average Bonchev–Trinajstić information content (AvgIpc) is 2.76. The maximum absolute atomic E-state index is 12.4. The average molecular weight is 482 g/mol. The Balaban J connectivity index is 1.78. The van der Waals surface area contributed by atoms with Gasteiger partial charge in [-0.25, -0.2) is 4.98 Å². The van der Waals surface area contributed by atoms with E-state index in [1.54, 1.807) is 6.07 Å². The summed E-state index contributed by atoms with van der Waals surface area (Å²) in [5.74, 6) is 0.963. The highest BCUT2D eigenvalue weighted by Gasteiger charge is 2.31. The molecule has 0 amide bonds. The smallest absolute Gasteiger partial charge is 0.492 e. The van der Waals surface area contributed by atoms with E-state index in [9.17, 15) is 13.2 Å². The zero-order chi connectivity index (χ0) is 24.0. The molecule has 0 saturated carbocycles. The molecular weight excluding hydrogens is 455 g/mol. The number of fused-ring (bicyclic) bond motifs is 1. The molecule has 1 N–H and O–H groups in total. The molecule has 3 aromatic rings. The van der Waals surface area contributed by atoms with Crippen molar-refractivity contribution in [3.63, 3.8) is 0 Å². The number of nitrogens with zero attached hydrogens (tertiary/aromatic N) is 2. The fourth-order valence-corrected chi connectivity index (χ4v) is 3.67. The molecule has 0 spiro atoms. The van der Waals surface area contributed by atoms with E-state index in [4.69, 9.17) is 16.3 Å². The lowest BCUT2D eigenvalue weighted by Gasteiger charge is -2.20. The number of aromatic nitrogens is 1. The van der Waals surface area contributed by atoms with Crippen molar-refractivity contribution in [2.45, 2.75) is 33.6 Å². The Morgan fingerprint density at radius 2 is 1.79 bits per heavy atom. The van der Waals surface area contributed by atoms with Gasteiger partial charge in [-0.3, -0.25) is 0 Å². The van der Waals surface area contributed by atoms with Gasteiger partial charge in [-0.05, 0) is 74.5 Å². The summed E-state index contributed by atoms with van der Waals surface area (Å²) in [7, 11) is 0. The molecule has 3 rings (SSSR count). The lowest BCUT2D eigenvalue weighted by atomic mass is 10.1. The first-order valence-corrected chi connectivity index (χ1v) is 11.2. The number of rotatable bonds is 10. The second-order valence-electron chi connectivity index (χ2n) is 7.58. The Kier molecular flexibility index (Phi) is 8.26. The lowest BCUT2D eigenvalue weighted by molar-refractivity contribution is -0.274. The fraction of sp³-hybridized carbons (Fsp3) is 0.375. The number of nitrogens with one attached hydrogen (secondary N) is 1. The van der Waals surface area contributed by atoms with Crippen LogP contribution in [0, 0.1) is 6.92 Å². The van der Waals surface area contributed by atoms with Crippen LogP contribution in [-0.4, -0.2) is 42.5 Å². The van der Waals surface area contributed by atoms with E-state index >= 15 is 0 Å². The third-order valence-corrected chi connectivity index (χ3v) is 5.39. The number of halogens is 4. The van der Waals surface area contributed by atoms with Gasteiger partial charge < -0.3 is 19.7 Å². The van der Waals surface area contributed by atoms with Gasteiger partial charge in [-0.15, -0.1) is 13.2 Å². The first-order chi connectivity index (χ1) is 15.7. The van der Waals surface area contributed by atoms with E-state index in [0.29, 0.717) is 34.4 Å². The number of alkyl halides is 3. The van der Waals surface area contributed by atoms with Gasteiger partial charge in [-0.2, -0.15) is 0 Å². The minimum Gasteiger partial charge on any atom is -0.492 e. The summed E-state index contributed by atoms with van der Waals surface area (Å²) in [6.45, 7) is 9.55. The van der Waals surface area contributed by atoms with Gasteiger partial charge in [0.2, 0.25) is 0 Å². The van der Waals surface area contributed by atoms with Crippen LogP contribution in [-0.2, 0) is 0 Å². The maximum atomic E-state index is 12.4. The number of benzene rings is 2. The number of anilines is 2. The minimum absolute atomic E-state index is 0.290. The monoisotopic (exact) mass is 481 g/mol. The van der Waals surface area contributed by atoms with E-state index in [-0.39, 0.29) is 5.75 Å². The van der Waals surface area contributed by atoms with Gasteiger partial charge in [0.25, 0.3) is 0 Å². The van der Waals surface area contributed by atoms with Crippen molar-refractivity contribution >= 4 is 34.0 Å². The third kappa shape index (κ3) is 6.88. The van der Waals surface area contributed by atoms with Gasteiger partial charge in [0.05, 0.1) is 10.5 Å². The van der Waals surface area contributed by atoms with Crippen molar-refractivity contribution in [2.24, 2.45) is 0 Å². The number of pyridine rings is 1. The first-order valence-electron chi connectivity index (χ1n) is 10.8.